The number of aromatic nitrogens is 2. The van der Waals surface area contributed by atoms with Gasteiger partial charge in [-0.3, -0.25) is 4.79 Å². The number of rotatable bonds is 4. The monoisotopic (exact) mass is 388 g/mol. The van der Waals surface area contributed by atoms with Crippen molar-refractivity contribution in [3.8, 4) is 5.69 Å². The molecule has 0 atom stereocenters. The van der Waals surface area contributed by atoms with Crippen molar-refractivity contribution in [3.05, 3.63) is 76.9 Å². The molecule has 0 aliphatic rings. The SMILES string of the molecule is Cc1cc(C=NNC(=O)c2cccn2C)c(C)n1-c1cccc(C(F)(F)F)c1. The van der Waals surface area contributed by atoms with Gasteiger partial charge in [-0.15, -0.1) is 0 Å². The zero-order valence-electron chi connectivity index (χ0n) is 15.6. The lowest BCUT2D eigenvalue weighted by Crippen LogP contribution is -2.20. The summed E-state index contributed by atoms with van der Waals surface area (Å²) in [5.41, 5.74) is 4.79. The summed E-state index contributed by atoms with van der Waals surface area (Å²) in [6.07, 6.45) is -1.18. The molecule has 1 amide bonds. The lowest BCUT2D eigenvalue weighted by molar-refractivity contribution is -0.137. The van der Waals surface area contributed by atoms with Crippen LogP contribution in [0.5, 0.6) is 0 Å². The van der Waals surface area contributed by atoms with E-state index in [1.807, 2.05) is 0 Å². The predicted molar refractivity (Wildman–Crippen MR) is 101 cm³/mol. The van der Waals surface area contributed by atoms with Gasteiger partial charge in [-0.2, -0.15) is 18.3 Å². The van der Waals surface area contributed by atoms with Crippen molar-refractivity contribution in [2.45, 2.75) is 20.0 Å². The van der Waals surface area contributed by atoms with E-state index in [0.29, 0.717) is 22.6 Å². The average molecular weight is 388 g/mol. The summed E-state index contributed by atoms with van der Waals surface area (Å²) in [5, 5.41) is 3.97. The van der Waals surface area contributed by atoms with Crippen LogP contribution in [0.3, 0.4) is 0 Å². The van der Waals surface area contributed by atoms with E-state index >= 15 is 0 Å². The van der Waals surface area contributed by atoms with Crippen molar-refractivity contribution < 1.29 is 18.0 Å². The van der Waals surface area contributed by atoms with E-state index in [9.17, 15) is 18.0 Å². The number of benzene rings is 1. The molecule has 3 aromatic rings. The fraction of sp³-hybridized carbons (Fsp3) is 0.200. The molecule has 0 radical (unpaired) electrons. The second-order valence-corrected chi connectivity index (χ2v) is 6.41. The van der Waals surface area contributed by atoms with Crippen molar-refractivity contribution in [2.24, 2.45) is 12.1 Å². The van der Waals surface area contributed by atoms with Gasteiger partial charge in [0.2, 0.25) is 0 Å². The number of carbonyl (C=O) groups is 1. The lowest BCUT2D eigenvalue weighted by Gasteiger charge is -2.13. The maximum Gasteiger partial charge on any atom is 0.416 e. The Hall–Kier alpha value is -3.29. The first kappa shape index (κ1) is 19.5. The number of amides is 1. The topological polar surface area (TPSA) is 51.3 Å². The average Bonchev–Trinajstić information content (AvgIpc) is 3.17. The Kier molecular flexibility index (Phi) is 5.13. The summed E-state index contributed by atoms with van der Waals surface area (Å²) in [6.45, 7) is 3.58. The standard InChI is InChI=1S/C20H19F3N4O/c1-13-10-15(12-24-25-19(28)18-8-5-9-26(18)3)14(2)27(13)17-7-4-6-16(11-17)20(21,22)23/h4-12H,1-3H3,(H,25,28). The molecular weight excluding hydrogens is 369 g/mol. The maximum absolute atomic E-state index is 13.0. The van der Waals surface area contributed by atoms with Gasteiger partial charge in [0.25, 0.3) is 5.91 Å². The second-order valence-electron chi connectivity index (χ2n) is 6.41. The first-order chi connectivity index (χ1) is 13.2. The van der Waals surface area contributed by atoms with Crippen LogP contribution >= 0.6 is 0 Å². The smallest absolute Gasteiger partial charge is 0.347 e. The quantitative estimate of drug-likeness (QED) is 0.528. The van der Waals surface area contributed by atoms with Crippen molar-refractivity contribution in [1.82, 2.24) is 14.6 Å². The van der Waals surface area contributed by atoms with E-state index in [4.69, 9.17) is 0 Å². The highest BCUT2D eigenvalue weighted by Crippen LogP contribution is 2.31. The van der Waals surface area contributed by atoms with Crippen LogP contribution < -0.4 is 5.43 Å². The van der Waals surface area contributed by atoms with Gasteiger partial charge >= 0.3 is 6.18 Å². The van der Waals surface area contributed by atoms with E-state index in [2.05, 4.69) is 10.5 Å². The fourth-order valence-electron chi connectivity index (χ4n) is 3.05. The largest absolute Gasteiger partial charge is 0.416 e. The number of hydrogen-bond acceptors (Lipinski definition) is 2. The van der Waals surface area contributed by atoms with Gasteiger partial charge in [0.05, 0.1) is 11.8 Å². The van der Waals surface area contributed by atoms with Crippen molar-refractivity contribution in [1.29, 1.82) is 0 Å². The van der Waals surface area contributed by atoms with Crippen LogP contribution in [0.1, 0.15) is 33.0 Å². The van der Waals surface area contributed by atoms with Crippen LogP contribution in [-0.2, 0) is 13.2 Å². The summed E-state index contributed by atoms with van der Waals surface area (Å²) in [6, 6.07) is 10.4. The number of nitrogens with zero attached hydrogens (tertiary/aromatic N) is 3. The number of carbonyl (C=O) groups excluding carboxylic acids is 1. The normalized spacial score (nSPS) is 11.9. The van der Waals surface area contributed by atoms with E-state index in [1.165, 1.54) is 12.3 Å². The first-order valence-electron chi connectivity index (χ1n) is 8.50. The number of aryl methyl sites for hydroxylation is 2. The van der Waals surface area contributed by atoms with Gasteiger partial charge < -0.3 is 9.13 Å². The van der Waals surface area contributed by atoms with E-state index in [1.54, 1.807) is 60.5 Å². The van der Waals surface area contributed by atoms with Gasteiger partial charge in [-0.1, -0.05) is 6.07 Å². The van der Waals surface area contributed by atoms with Crippen LogP contribution in [0.4, 0.5) is 13.2 Å². The molecule has 2 heterocycles. The Balaban J connectivity index is 1.84. The van der Waals surface area contributed by atoms with E-state index in [-0.39, 0.29) is 5.91 Å². The van der Waals surface area contributed by atoms with Crippen LogP contribution in [0, 0.1) is 13.8 Å². The maximum atomic E-state index is 13.0. The number of halogens is 3. The minimum atomic E-state index is -4.41. The van der Waals surface area contributed by atoms with Crippen LogP contribution in [-0.4, -0.2) is 21.3 Å². The Morgan fingerprint density at radius 2 is 1.89 bits per heavy atom. The molecule has 2 aromatic heterocycles. The number of nitrogens with one attached hydrogen (secondary N) is 1. The zero-order chi connectivity index (χ0) is 20.5. The molecule has 5 nitrogen and oxygen atoms in total. The molecule has 0 saturated heterocycles. The molecule has 3 rings (SSSR count). The van der Waals surface area contributed by atoms with E-state index < -0.39 is 11.7 Å². The molecule has 1 N–H and O–H groups in total. The van der Waals surface area contributed by atoms with Crippen LogP contribution in [0.25, 0.3) is 5.69 Å². The molecule has 28 heavy (non-hydrogen) atoms. The predicted octanol–water partition coefficient (Wildman–Crippen LogP) is 4.22. The molecule has 0 fully saturated rings. The van der Waals surface area contributed by atoms with Crippen molar-refractivity contribution in [3.63, 3.8) is 0 Å². The summed E-state index contributed by atoms with van der Waals surface area (Å²) < 4.78 is 42.4. The molecule has 8 heteroatoms. The minimum Gasteiger partial charge on any atom is -0.347 e. The Morgan fingerprint density at radius 3 is 2.54 bits per heavy atom. The van der Waals surface area contributed by atoms with Crippen LogP contribution in [0.2, 0.25) is 0 Å². The molecule has 0 aliphatic heterocycles. The third-order valence-electron chi connectivity index (χ3n) is 4.45. The Bertz CT molecular complexity index is 1040. The van der Waals surface area contributed by atoms with Gasteiger partial charge in [-0.05, 0) is 50.2 Å². The highest BCUT2D eigenvalue weighted by molar-refractivity contribution is 5.93. The van der Waals surface area contributed by atoms with Gasteiger partial charge in [0.1, 0.15) is 5.69 Å². The fourth-order valence-corrected chi connectivity index (χ4v) is 3.05. The van der Waals surface area contributed by atoms with Crippen molar-refractivity contribution in [2.75, 3.05) is 0 Å². The molecule has 146 valence electrons. The van der Waals surface area contributed by atoms with E-state index in [0.717, 1.165) is 17.8 Å². The molecular formula is C20H19F3N4O. The summed E-state index contributed by atoms with van der Waals surface area (Å²) in [7, 11) is 1.75. The molecule has 1 aromatic carbocycles. The second kappa shape index (κ2) is 7.38. The lowest BCUT2D eigenvalue weighted by atomic mass is 10.2. The van der Waals surface area contributed by atoms with Crippen LogP contribution in [0.15, 0.2) is 53.8 Å². The highest BCUT2D eigenvalue weighted by atomic mass is 19.4. The highest BCUT2D eigenvalue weighted by Gasteiger charge is 2.30. The Morgan fingerprint density at radius 1 is 1.14 bits per heavy atom. The molecule has 0 unspecified atom stereocenters. The molecule has 0 saturated carbocycles. The molecule has 0 aliphatic carbocycles. The Labute approximate surface area is 160 Å². The third-order valence-corrected chi connectivity index (χ3v) is 4.45. The van der Waals surface area contributed by atoms with Crippen molar-refractivity contribution >= 4 is 12.1 Å². The van der Waals surface area contributed by atoms with Gasteiger partial charge in [0, 0.05) is 35.9 Å². The summed E-state index contributed by atoms with van der Waals surface area (Å²) in [4.78, 5) is 12.1. The summed E-state index contributed by atoms with van der Waals surface area (Å²) in [5.74, 6) is -0.351. The number of hydrogen-bond donors (Lipinski definition) is 1. The zero-order valence-corrected chi connectivity index (χ0v) is 15.6. The summed E-state index contributed by atoms with van der Waals surface area (Å²) >= 11 is 0. The number of alkyl halides is 3. The molecule has 0 bridgehead atoms. The number of hydrazone groups is 1. The first-order valence-corrected chi connectivity index (χ1v) is 8.50. The molecule has 0 spiro atoms. The van der Waals surface area contributed by atoms with Gasteiger partial charge in [-0.25, -0.2) is 5.43 Å². The van der Waals surface area contributed by atoms with Gasteiger partial charge in [0.15, 0.2) is 0 Å². The minimum absolute atomic E-state index is 0.351. The third kappa shape index (κ3) is 3.85.